The summed E-state index contributed by atoms with van der Waals surface area (Å²) in [4.78, 5) is 4.59. The third-order valence-electron chi connectivity index (χ3n) is 13.3. The van der Waals surface area contributed by atoms with E-state index in [0.29, 0.717) is 0 Å². The number of nitrogens with zero attached hydrogens (tertiary/aromatic N) is 2. The summed E-state index contributed by atoms with van der Waals surface area (Å²) in [5, 5.41) is 4.13. The van der Waals surface area contributed by atoms with Gasteiger partial charge in [-0.2, -0.15) is 0 Å². The predicted molar refractivity (Wildman–Crippen MR) is 260 cm³/mol. The van der Waals surface area contributed by atoms with E-state index in [1.54, 1.807) is 0 Å². The number of benzene rings is 9. The van der Waals surface area contributed by atoms with E-state index in [4.69, 9.17) is 13.6 Å². The standard InChI is InChI=1S/C57H39BN2O3/c1-57(2)46-25-15-16-26-47(46)58-48-35-51-44(42-31-40(27-29-49(42)61-51)59(36-17-7-3-8-18-36)37-19-9-4-10-20-37)33-52(48)62-53-34-45-43-32-41(28-30-50(43)63-56(45)54(57)55(53)58)60(38-21-11-5-12-22-38)39-23-13-6-14-24-39/h3-35H,1-2H3. The van der Waals surface area contributed by atoms with Crippen LogP contribution in [0, 0.1) is 0 Å². The number of fused-ring (bicyclic) bond motifs is 11. The van der Waals surface area contributed by atoms with Crippen molar-refractivity contribution in [3.05, 3.63) is 211 Å². The van der Waals surface area contributed by atoms with Crippen molar-refractivity contribution in [1.29, 1.82) is 0 Å². The number of ether oxygens (including phenoxy) is 1. The van der Waals surface area contributed by atoms with Crippen LogP contribution in [0.1, 0.15) is 25.0 Å². The first-order chi connectivity index (χ1) is 31.0. The van der Waals surface area contributed by atoms with Gasteiger partial charge in [-0.1, -0.05) is 116 Å². The molecule has 6 heteroatoms. The van der Waals surface area contributed by atoms with Crippen molar-refractivity contribution in [1.82, 2.24) is 0 Å². The van der Waals surface area contributed by atoms with Crippen LogP contribution in [0.5, 0.6) is 11.5 Å². The van der Waals surface area contributed by atoms with Crippen LogP contribution in [0.4, 0.5) is 34.1 Å². The fourth-order valence-corrected chi connectivity index (χ4v) is 10.5. The van der Waals surface area contributed by atoms with Gasteiger partial charge in [-0.05, 0) is 120 Å². The van der Waals surface area contributed by atoms with Gasteiger partial charge in [0.15, 0.2) is 0 Å². The van der Waals surface area contributed by atoms with Crippen LogP contribution in [0.25, 0.3) is 43.9 Å². The predicted octanol–water partition coefficient (Wildman–Crippen LogP) is 13.7. The molecule has 4 heterocycles. The molecule has 2 aliphatic rings. The average Bonchev–Trinajstić information content (AvgIpc) is 3.87. The molecule has 9 aromatic carbocycles. The zero-order valence-corrected chi connectivity index (χ0v) is 34.7. The summed E-state index contributed by atoms with van der Waals surface area (Å²) in [6.07, 6.45) is 0. The Bertz CT molecular complexity index is 3500. The summed E-state index contributed by atoms with van der Waals surface area (Å²) in [5.41, 5.74) is 15.5. The van der Waals surface area contributed by atoms with E-state index in [0.717, 1.165) is 100 Å². The third kappa shape index (κ3) is 5.37. The van der Waals surface area contributed by atoms with Crippen LogP contribution in [-0.4, -0.2) is 6.71 Å². The zero-order valence-electron chi connectivity index (χ0n) is 34.7. The molecule has 0 N–H and O–H groups in total. The maximum Gasteiger partial charge on any atom is 0.252 e. The van der Waals surface area contributed by atoms with Gasteiger partial charge in [0.25, 0.3) is 6.71 Å². The van der Waals surface area contributed by atoms with Crippen LogP contribution >= 0.6 is 0 Å². The van der Waals surface area contributed by atoms with Gasteiger partial charge < -0.3 is 23.4 Å². The molecule has 63 heavy (non-hydrogen) atoms. The van der Waals surface area contributed by atoms with Crippen molar-refractivity contribution in [2.75, 3.05) is 9.80 Å². The summed E-state index contributed by atoms with van der Waals surface area (Å²) in [6, 6.07) is 70.7. The maximum absolute atomic E-state index is 7.21. The van der Waals surface area contributed by atoms with Crippen LogP contribution in [-0.2, 0) is 5.41 Å². The van der Waals surface area contributed by atoms with Crippen molar-refractivity contribution in [2.24, 2.45) is 0 Å². The third-order valence-corrected chi connectivity index (χ3v) is 13.3. The summed E-state index contributed by atoms with van der Waals surface area (Å²) < 4.78 is 21.0. The lowest BCUT2D eigenvalue weighted by molar-refractivity contribution is 0.485. The summed E-state index contributed by atoms with van der Waals surface area (Å²) >= 11 is 0. The minimum Gasteiger partial charge on any atom is -0.458 e. The van der Waals surface area contributed by atoms with Gasteiger partial charge in [-0.3, -0.25) is 0 Å². The van der Waals surface area contributed by atoms with E-state index in [9.17, 15) is 0 Å². The van der Waals surface area contributed by atoms with Crippen molar-refractivity contribution in [3.8, 4) is 11.5 Å². The number of furan rings is 2. The Morgan fingerprint density at radius 3 is 1.44 bits per heavy atom. The molecule has 0 amide bonds. The van der Waals surface area contributed by atoms with Crippen molar-refractivity contribution in [3.63, 3.8) is 0 Å². The van der Waals surface area contributed by atoms with E-state index >= 15 is 0 Å². The average molecular weight is 811 g/mol. The lowest BCUT2D eigenvalue weighted by atomic mass is 9.30. The molecule has 0 unspecified atom stereocenters. The molecule has 298 valence electrons. The van der Waals surface area contributed by atoms with E-state index in [2.05, 4.69) is 224 Å². The second-order valence-electron chi connectivity index (χ2n) is 17.3. The molecular weight excluding hydrogens is 771 g/mol. The van der Waals surface area contributed by atoms with Crippen molar-refractivity contribution < 1.29 is 13.6 Å². The zero-order chi connectivity index (χ0) is 41.8. The number of hydrogen-bond acceptors (Lipinski definition) is 5. The Kier molecular flexibility index (Phi) is 7.68. The first-order valence-electron chi connectivity index (χ1n) is 21.6. The first kappa shape index (κ1) is 35.8. The normalized spacial score (nSPS) is 13.5. The maximum atomic E-state index is 7.21. The smallest absolute Gasteiger partial charge is 0.252 e. The van der Waals surface area contributed by atoms with Crippen LogP contribution in [0.3, 0.4) is 0 Å². The van der Waals surface area contributed by atoms with Crippen molar-refractivity contribution >= 4 is 101 Å². The number of anilines is 6. The number of para-hydroxylation sites is 4. The topological polar surface area (TPSA) is 42.0 Å². The first-order valence-corrected chi connectivity index (χ1v) is 21.6. The molecule has 2 aliphatic heterocycles. The Labute approximate surface area is 365 Å². The number of rotatable bonds is 6. The second kappa shape index (κ2) is 13.5. The molecule has 0 spiro atoms. The van der Waals surface area contributed by atoms with Gasteiger partial charge in [0.05, 0.1) is 0 Å². The molecular formula is C57H39BN2O3. The van der Waals surface area contributed by atoms with E-state index in [1.165, 1.54) is 16.6 Å². The summed E-state index contributed by atoms with van der Waals surface area (Å²) in [7, 11) is 0. The Balaban J connectivity index is 1.02. The SMILES string of the molecule is CC1(C)c2ccccc2B2c3cc4oc5ccc(N(c6ccccc6)c6ccccc6)cc5c4cc3Oc3cc4c(oc5ccc(N(c6ccccc6)c6ccccc6)cc54)c1c32. The van der Waals surface area contributed by atoms with Gasteiger partial charge in [-0.25, -0.2) is 0 Å². The molecule has 11 aromatic rings. The fourth-order valence-electron chi connectivity index (χ4n) is 10.5. The van der Waals surface area contributed by atoms with Gasteiger partial charge in [-0.15, -0.1) is 0 Å². The molecule has 0 fully saturated rings. The number of hydrogen-bond donors (Lipinski definition) is 0. The van der Waals surface area contributed by atoms with Gasteiger partial charge in [0.2, 0.25) is 0 Å². The molecule has 0 saturated carbocycles. The largest absolute Gasteiger partial charge is 0.458 e. The molecule has 0 aliphatic carbocycles. The van der Waals surface area contributed by atoms with E-state index < -0.39 is 0 Å². The Hall–Kier alpha value is -7.96. The van der Waals surface area contributed by atoms with E-state index in [1.807, 2.05) is 0 Å². The van der Waals surface area contributed by atoms with Gasteiger partial charge in [0.1, 0.15) is 33.8 Å². The van der Waals surface area contributed by atoms with Gasteiger partial charge >= 0.3 is 0 Å². The molecule has 2 aromatic heterocycles. The Morgan fingerprint density at radius 2 is 0.873 bits per heavy atom. The lowest BCUT2D eigenvalue weighted by Crippen LogP contribution is -2.62. The summed E-state index contributed by atoms with van der Waals surface area (Å²) in [6.45, 7) is 4.57. The highest BCUT2D eigenvalue weighted by Gasteiger charge is 2.47. The molecule has 0 saturated heterocycles. The minimum atomic E-state index is -0.377. The Morgan fingerprint density at radius 1 is 0.397 bits per heavy atom. The monoisotopic (exact) mass is 810 g/mol. The minimum absolute atomic E-state index is 0.0809. The molecule has 0 bridgehead atoms. The highest BCUT2D eigenvalue weighted by Crippen LogP contribution is 2.47. The second-order valence-corrected chi connectivity index (χ2v) is 17.3. The molecule has 13 rings (SSSR count). The van der Waals surface area contributed by atoms with Gasteiger partial charge in [0, 0.05) is 66.6 Å². The lowest BCUT2D eigenvalue weighted by Gasteiger charge is -2.41. The molecule has 0 radical (unpaired) electrons. The van der Waals surface area contributed by atoms with Crippen molar-refractivity contribution in [2.45, 2.75) is 19.3 Å². The summed E-state index contributed by atoms with van der Waals surface area (Å²) in [5.74, 6) is 1.70. The van der Waals surface area contributed by atoms with Crippen LogP contribution in [0.15, 0.2) is 209 Å². The van der Waals surface area contributed by atoms with Crippen LogP contribution in [0.2, 0.25) is 0 Å². The molecule has 0 atom stereocenters. The van der Waals surface area contributed by atoms with E-state index in [-0.39, 0.29) is 12.1 Å². The highest BCUT2D eigenvalue weighted by atomic mass is 16.5. The highest BCUT2D eigenvalue weighted by molar-refractivity contribution is 6.98. The molecule has 5 nitrogen and oxygen atoms in total. The fraction of sp³-hybridized carbons (Fsp3) is 0.0526. The van der Waals surface area contributed by atoms with Crippen LogP contribution < -0.4 is 30.9 Å². The quantitative estimate of drug-likeness (QED) is 0.157.